The smallest absolute Gasteiger partial charge is 0.0582 e. The number of fused-ring (bicyclic) bond motifs is 9. The Morgan fingerprint density at radius 2 is 1.33 bits per heavy atom. The van der Waals surface area contributed by atoms with E-state index < -0.39 is 0 Å². The Bertz CT molecular complexity index is 3160. The lowest BCUT2D eigenvalue weighted by atomic mass is 9.72. The van der Waals surface area contributed by atoms with Gasteiger partial charge in [-0.3, -0.25) is 9.97 Å². The second-order valence-corrected chi connectivity index (χ2v) is 17.4. The molecule has 276 valence electrons. The van der Waals surface area contributed by atoms with Crippen molar-refractivity contribution in [1.29, 1.82) is 0 Å². The average Bonchev–Trinajstić information content (AvgIpc) is 3.77. The molecule has 0 bridgehead atoms. The van der Waals surface area contributed by atoms with Crippen molar-refractivity contribution < 1.29 is 0 Å². The van der Waals surface area contributed by atoms with Gasteiger partial charge in [-0.2, -0.15) is 0 Å². The zero-order valence-corrected chi connectivity index (χ0v) is 32.8. The first-order valence-electron chi connectivity index (χ1n) is 20.4. The van der Waals surface area contributed by atoms with E-state index in [0.717, 1.165) is 19.3 Å². The van der Waals surface area contributed by atoms with Gasteiger partial charge in [0.2, 0.25) is 0 Å². The van der Waals surface area contributed by atoms with E-state index in [1.807, 2.05) is 24.8 Å². The topological polar surface area (TPSA) is 38.9 Å². The second-order valence-electron chi connectivity index (χ2n) is 17.4. The second kappa shape index (κ2) is 11.5. The molecule has 4 aromatic carbocycles. The molecule has 0 N–H and O–H groups in total. The zero-order chi connectivity index (χ0) is 38.2. The SMILES string of the molecule is CC1(C)C2=C(CCC(N(C3=CCC(c4ccccc4)C=C3)c3ccc4c(c3)C(C)(C)c3cccc5c6cnccc6n-4c35)=C2)n2c3ccncc3c3cccc1c32. The number of hydrogen-bond acceptors (Lipinski definition) is 3. The number of allylic oxidation sites excluding steroid dienone is 7. The molecule has 2 aliphatic carbocycles. The number of nitrogens with zero attached hydrogens (tertiary/aromatic N) is 5. The van der Waals surface area contributed by atoms with Crippen LogP contribution in [-0.4, -0.2) is 19.1 Å². The van der Waals surface area contributed by atoms with Crippen LogP contribution in [0.1, 0.15) is 75.1 Å². The predicted molar refractivity (Wildman–Crippen MR) is 235 cm³/mol. The fourth-order valence-electron chi connectivity index (χ4n) is 10.9. The summed E-state index contributed by atoms with van der Waals surface area (Å²) in [5.41, 5.74) is 17.9. The molecule has 0 spiro atoms. The van der Waals surface area contributed by atoms with Gasteiger partial charge in [0, 0.05) is 85.9 Å². The Labute approximate surface area is 332 Å². The molecule has 12 rings (SSSR count). The largest absolute Gasteiger partial charge is 0.315 e. The molecule has 57 heavy (non-hydrogen) atoms. The molecular formula is C52H43N5. The van der Waals surface area contributed by atoms with Crippen LogP contribution < -0.4 is 4.90 Å². The zero-order valence-electron chi connectivity index (χ0n) is 32.8. The van der Waals surface area contributed by atoms with Crippen LogP contribution in [0.2, 0.25) is 0 Å². The van der Waals surface area contributed by atoms with Crippen LogP contribution in [0, 0.1) is 0 Å². The number of aromatic nitrogens is 4. The van der Waals surface area contributed by atoms with Gasteiger partial charge in [0.1, 0.15) is 0 Å². The predicted octanol–water partition coefficient (Wildman–Crippen LogP) is 12.6. The highest BCUT2D eigenvalue weighted by atomic mass is 15.2. The van der Waals surface area contributed by atoms with Crippen LogP contribution in [0.3, 0.4) is 0 Å². The van der Waals surface area contributed by atoms with Crippen molar-refractivity contribution in [3.63, 3.8) is 0 Å². The van der Waals surface area contributed by atoms with Crippen molar-refractivity contribution in [2.45, 2.75) is 63.7 Å². The molecule has 0 radical (unpaired) electrons. The molecule has 0 amide bonds. The molecule has 0 fully saturated rings. The Morgan fingerprint density at radius 1 is 0.649 bits per heavy atom. The number of benzene rings is 4. The molecule has 8 aromatic rings. The number of anilines is 1. The minimum atomic E-state index is -0.217. The van der Waals surface area contributed by atoms with Crippen molar-refractivity contribution in [3.8, 4) is 5.69 Å². The van der Waals surface area contributed by atoms with E-state index in [2.05, 4.69) is 173 Å². The first-order valence-corrected chi connectivity index (χ1v) is 20.4. The summed E-state index contributed by atoms with van der Waals surface area (Å²) < 4.78 is 5.04. The Morgan fingerprint density at radius 3 is 2.04 bits per heavy atom. The first kappa shape index (κ1) is 32.8. The van der Waals surface area contributed by atoms with Crippen LogP contribution >= 0.6 is 0 Å². The van der Waals surface area contributed by atoms with E-state index in [4.69, 9.17) is 0 Å². The summed E-state index contributed by atoms with van der Waals surface area (Å²) >= 11 is 0. The third kappa shape index (κ3) is 4.40. The number of rotatable bonds is 4. The highest BCUT2D eigenvalue weighted by molar-refractivity contribution is 6.13. The van der Waals surface area contributed by atoms with Gasteiger partial charge in [0.15, 0.2) is 0 Å². The maximum absolute atomic E-state index is 4.56. The molecule has 4 aliphatic rings. The van der Waals surface area contributed by atoms with Gasteiger partial charge < -0.3 is 14.0 Å². The maximum Gasteiger partial charge on any atom is 0.0582 e. The molecule has 6 heterocycles. The molecule has 1 atom stereocenters. The van der Waals surface area contributed by atoms with Crippen LogP contribution in [0.25, 0.3) is 55.0 Å². The Kier molecular flexibility index (Phi) is 6.63. The van der Waals surface area contributed by atoms with Crippen LogP contribution in [0.5, 0.6) is 0 Å². The van der Waals surface area contributed by atoms with Crippen LogP contribution in [0.15, 0.2) is 163 Å². The minimum Gasteiger partial charge on any atom is -0.315 e. The van der Waals surface area contributed by atoms with E-state index in [9.17, 15) is 0 Å². The summed E-state index contributed by atoms with van der Waals surface area (Å²) in [5, 5.41) is 4.98. The quantitative estimate of drug-likeness (QED) is 0.181. The van der Waals surface area contributed by atoms with Gasteiger partial charge in [-0.05, 0) is 89.6 Å². The van der Waals surface area contributed by atoms with Crippen molar-refractivity contribution in [3.05, 3.63) is 185 Å². The molecule has 1 unspecified atom stereocenters. The summed E-state index contributed by atoms with van der Waals surface area (Å²) in [6.07, 6.45) is 20.6. The summed E-state index contributed by atoms with van der Waals surface area (Å²) in [6, 6.07) is 36.2. The molecule has 0 saturated heterocycles. The van der Waals surface area contributed by atoms with Crippen molar-refractivity contribution in [2.24, 2.45) is 0 Å². The normalized spacial score (nSPS) is 18.8. The lowest BCUT2D eigenvalue weighted by Gasteiger charge is -2.41. The molecule has 0 saturated carbocycles. The monoisotopic (exact) mass is 737 g/mol. The third-order valence-electron chi connectivity index (χ3n) is 13.7. The summed E-state index contributed by atoms with van der Waals surface area (Å²) in [6.45, 7) is 9.63. The van der Waals surface area contributed by atoms with Gasteiger partial charge in [0.25, 0.3) is 0 Å². The van der Waals surface area contributed by atoms with Crippen molar-refractivity contribution in [2.75, 3.05) is 4.90 Å². The maximum atomic E-state index is 4.56. The van der Waals surface area contributed by atoms with E-state index in [1.54, 1.807) is 0 Å². The molecular weight excluding hydrogens is 695 g/mol. The van der Waals surface area contributed by atoms with Crippen LogP contribution in [-0.2, 0) is 10.8 Å². The first-order chi connectivity index (χ1) is 27.8. The van der Waals surface area contributed by atoms with Gasteiger partial charge in [-0.1, -0.05) is 107 Å². The van der Waals surface area contributed by atoms with Gasteiger partial charge in [0.05, 0.1) is 27.8 Å². The number of pyridine rings is 2. The molecule has 5 heteroatoms. The van der Waals surface area contributed by atoms with Gasteiger partial charge in [-0.15, -0.1) is 0 Å². The van der Waals surface area contributed by atoms with E-state index in [-0.39, 0.29) is 10.8 Å². The van der Waals surface area contributed by atoms with E-state index in [1.165, 1.54) is 99.9 Å². The molecule has 2 aliphatic heterocycles. The number of para-hydroxylation sites is 2. The Balaban J connectivity index is 1.06. The lowest BCUT2D eigenvalue weighted by molar-refractivity contribution is 0.618. The van der Waals surface area contributed by atoms with E-state index in [0.29, 0.717) is 5.92 Å². The molecule has 4 aromatic heterocycles. The summed E-state index contributed by atoms with van der Waals surface area (Å²) in [4.78, 5) is 11.7. The van der Waals surface area contributed by atoms with Gasteiger partial charge >= 0.3 is 0 Å². The number of hydrogen-bond donors (Lipinski definition) is 0. The fourth-order valence-corrected chi connectivity index (χ4v) is 10.9. The fraction of sp³-hybridized carbons (Fsp3) is 0.192. The van der Waals surface area contributed by atoms with Crippen molar-refractivity contribution >= 4 is 55.0 Å². The minimum absolute atomic E-state index is 0.184. The Hall–Kier alpha value is -6.46. The lowest BCUT2D eigenvalue weighted by Crippen LogP contribution is -2.32. The highest BCUT2D eigenvalue weighted by Gasteiger charge is 2.40. The standard InChI is InChI=1S/C52H43N5/c1-51(2)41-14-8-12-37-39-30-53-26-24-45(39)56(49(37)41)47-22-20-35(28-43(47)51)55(34-18-16-33(17-19-34)32-10-6-5-7-11-32)36-21-23-48-44(29-36)52(3,4)42-15-9-13-38-40-31-54-27-25-46(40)57(48)50(38)42/h5-16,18-20,22,24-31,33H,17,21,23H2,1-4H3. The highest BCUT2D eigenvalue weighted by Crippen LogP contribution is 2.53. The average molecular weight is 738 g/mol. The van der Waals surface area contributed by atoms with E-state index >= 15 is 0 Å². The van der Waals surface area contributed by atoms with Crippen LogP contribution in [0.4, 0.5) is 5.69 Å². The molecule has 5 nitrogen and oxygen atoms in total. The summed E-state index contributed by atoms with van der Waals surface area (Å²) in [7, 11) is 0. The van der Waals surface area contributed by atoms with Crippen molar-refractivity contribution in [1.82, 2.24) is 19.1 Å². The third-order valence-corrected chi connectivity index (χ3v) is 13.7. The van der Waals surface area contributed by atoms with Gasteiger partial charge in [-0.25, -0.2) is 0 Å². The summed E-state index contributed by atoms with van der Waals surface area (Å²) in [5.74, 6) is 0.358.